The van der Waals surface area contributed by atoms with E-state index in [1.54, 1.807) is 0 Å². The van der Waals surface area contributed by atoms with Crippen LogP contribution in [0.4, 0.5) is 0 Å². The molecule has 0 saturated carbocycles. The Morgan fingerprint density at radius 1 is 0.227 bits per heavy atom. The summed E-state index contributed by atoms with van der Waals surface area (Å²) in [5.74, 6) is 3.62. The fourth-order valence-corrected chi connectivity index (χ4v) is 8.51. The van der Waals surface area contributed by atoms with E-state index in [0.717, 1.165) is 88.9 Å². The predicted octanol–water partition coefficient (Wildman–Crippen LogP) is 14.2. The molecule has 0 N–H and O–H groups in total. The molecule has 312 valence electrons. The van der Waals surface area contributed by atoms with Crippen LogP contribution in [0.15, 0.2) is 212 Å². The number of benzene rings is 8. The topological polar surface area (TPSA) is 90.2 Å². The Hall–Kier alpha value is -8.81. The van der Waals surface area contributed by atoms with Gasteiger partial charge >= 0.3 is 0 Å². The summed E-state index contributed by atoms with van der Waals surface area (Å²) in [5, 5.41) is 2.29. The van der Waals surface area contributed by atoms with Gasteiger partial charge in [-0.2, -0.15) is 0 Å². The molecule has 0 aliphatic heterocycles. The summed E-state index contributed by atoms with van der Waals surface area (Å²) in [7, 11) is 0. The molecule has 66 heavy (non-hydrogen) atoms. The first-order valence-electron chi connectivity index (χ1n) is 22.0. The fraction of sp³-hybridized carbons (Fsp3) is 0.0339. The molecule has 11 aromatic rings. The Balaban J connectivity index is 1.07. The van der Waals surface area contributed by atoms with Gasteiger partial charge in [0.25, 0.3) is 0 Å². The molecule has 0 bridgehead atoms. The lowest BCUT2D eigenvalue weighted by molar-refractivity contribution is 1.07. The lowest BCUT2D eigenvalue weighted by Crippen LogP contribution is -2.01. The molecule has 8 aromatic carbocycles. The monoisotopic (exact) mass is 847 g/mol. The summed E-state index contributed by atoms with van der Waals surface area (Å²) >= 11 is 0. The molecule has 0 atom stereocenters. The predicted molar refractivity (Wildman–Crippen MR) is 267 cm³/mol. The molecule has 0 aliphatic rings. The fourth-order valence-electron chi connectivity index (χ4n) is 8.51. The van der Waals surface area contributed by atoms with Crippen molar-refractivity contribution < 1.29 is 0 Å². The molecule has 0 saturated heterocycles. The third-order valence-electron chi connectivity index (χ3n) is 11.8. The maximum atomic E-state index is 5.16. The van der Waals surface area contributed by atoms with E-state index in [1.165, 1.54) is 0 Å². The lowest BCUT2D eigenvalue weighted by atomic mass is 9.88. The second-order valence-electron chi connectivity index (χ2n) is 16.2. The minimum atomic E-state index is 0.585. The molecule has 7 heteroatoms. The molecule has 0 spiro atoms. The number of nitrogens with zero attached hydrogens (tertiary/aromatic N) is 7. The van der Waals surface area contributed by atoms with Crippen molar-refractivity contribution in [1.29, 1.82) is 0 Å². The summed E-state index contributed by atoms with van der Waals surface area (Å²) in [5.41, 5.74) is 13.5. The molecule has 0 amide bonds. The average Bonchev–Trinajstić information content (AvgIpc) is 3.39. The van der Waals surface area contributed by atoms with Gasteiger partial charge in [-0.15, -0.1) is 0 Å². The van der Waals surface area contributed by atoms with E-state index in [-0.39, 0.29) is 0 Å². The average molecular weight is 848 g/mol. The van der Waals surface area contributed by atoms with Crippen molar-refractivity contribution in [3.05, 3.63) is 224 Å². The first-order chi connectivity index (χ1) is 32.5. The van der Waals surface area contributed by atoms with Gasteiger partial charge in [-0.1, -0.05) is 188 Å². The van der Waals surface area contributed by atoms with Crippen LogP contribution in [0.1, 0.15) is 11.4 Å². The third-order valence-corrected chi connectivity index (χ3v) is 11.8. The summed E-state index contributed by atoms with van der Waals surface area (Å²) in [4.78, 5) is 35.5. The van der Waals surface area contributed by atoms with Gasteiger partial charge in [-0.05, 0) is 76.7 Å². The van der Waals surface area contributed by atoms with Crippen molar-refractivity contribution >= 4 is 10.8 Å². The van der Waals surface area contributed by atoms with Gasteiger partial charge in [0.2, 0.25) is 0 Å². The zero-order valence-corrected chi connectivity index (χ0v) is 36.3. The van der Waals surface area contributed by atoms with Crippen molar-refractivity contribution in [2.75, 3.05) is 0 Å². The maximum absolute atomic E-state index is 5.16. The van der Waals surface area contributed by atoms with Crippen LogP contribution < -0.4 is 0 Å². The van der Waals surface area contributed by atoms with Crippen LogP contribution in [0.25, 0.3) is 112 Å². The van der Waals surface area contributed by atoms with Gasteiger partial charge in [-0.25, -0.2) is 29.9 Å². The first kappa shape index (κ1) is 40.0. The highest BCUT2D eigenvalue weighted by Crippen LogP contribution is 2.41. The lowest BCUT2D eigenvalue weighted by Gasteiger charge is -2.18. The van der Waals surface area contributed by atoms with Crippen molar-refractivity contribution in [3.63, 3.8) is 0 Å². The van der Waals surface area contributed by atoms with Crippen LogP contribution in [-0.4, -0.2) is 34.9 Å². The van der Waals surface area contributed by atoms with E-state index in [0.29, 0.717) is 34.9 Å². The van der Waals surface area contributed by atoms with Crippen LogP contribution >= 0.6 is 0 Å². The molecule has 0 aliphatic carbocycles. The molecule has 11 rings (SSSR count). The molecule has 3 aromatic heterocycles. The van der Waals surface area contributed by atoms with Gasteiger partial charge in [0.05, 0.1) is 0 Å². The van der Waals surface area contributed by atoms with Crippen molar-refractivity contribution in [1.82, 2.24) is 34.9 Å². The Morgan fingerprint density at radius 2 is 0.652 bits per heavy atom. The Labute approximate surface area is 383 Å². The summed E-state index contributed by atoms with van der Waals surface area (Å²) in [6.45, 7) is 4.10. The highest BCUT2D eigenvalue weighted by Gasteiger charge is 2.20. The van der Waals surface area contributed by atoms with Gasteiger partial charge in [0.15, 0.2) is 34.9 Å². The minimum Gasteiger partial charge on any atom is -0.258 e. The Bertz CT molecular complexity index is 3500. The zero-order valence-electron chi connectivity index (χ0n) is 36.3. The van der Waals surface area contributed by atoms with Crippen molar-refractivity contribution in [2.24, 2.45) is 0 Å². The van der Waals surface area contributed by atoms with Gasteiger partial charge in [0, 0.05) is 50.3 Å². The molecular formula is C59H41N7. The van der Waals surface area contributed by atoms with E-state index in [1.807, 2.05) is 104 Å². The van der Waals surface area contributed by atoms with Crippen LogP contribution in [0.2, 0.25) is 0 Å². The Morgan fingerprint density at radius 3 is 1.26 bits per heavy atom. The van der Waals surface area contributed by atoms with E-state index >= 15 is 0 Å². The quantitative estimate of drug-likeness (QED) is 0.143. The molecule has 0 fully saturated rings. The van der Waals surface area contributed by atoms with Crippen LogP contribution in [-0.2, 0) is 0 Å². The van der Waals surface area contributed by atoms with Gasteiger partial charge in [-0.3, -0.25) is 4.98 Å². The summed E-state index contributed by atoms with van der Waals surface area (Å²) < 4.78 is 0. The normalized spacial score (nSPS) is 11.2. The Kier molecular flexibility index (Phi) is 10.5. The van der Waals surface area contributed by atoms with Gasteiger partial charge < -0.3 is 0 Å². The number of hydrogen-bond acceptors (Lipinski definition) is 7. The molecule has 0 radical (unpaired) electrons. The highest BCUT2D eigenvalue weighted by molar-refractivity contribution is 5.94. The second kappa shape index (κ2) is 17.4. The molecule has 0 unspecified atom stereocenters. The summed E-state index contributed by atoms with van der Waals surface area (Å²) in [6.07, 6.45) is 0. The van der Waals surface area contributed by atoms with E-state index in [2.05, 4.69) is 122 Å². The standard InChI is InChI=1S/C59H41N7/c1-38-29-33-49(39(2)60-38)51-34-32-46(37-53(51)50-27-14-15-28-52(50)59-65-55(42-20-8-4-9-21-42)61-56(66-59)43-22-10-5-11-23-43)45-25-16-26-47(36-45)57-62-54(41-18-6-3-7-19-41)63-58(64-57)48-31-30-40-17-12-13-24-44(40)35-48/h3-37H,1-2H3. The van der Waals surface area contributed by atoms with Gasteiger partial charge in [0.1, 0.15) is 0 Å². The molecular weight excluding hydrogens is 807 g/mol. The van der Waals surface area contributed by atoms with Crippen LogP contribution in [0.3, 0.4) is 0 Å². The van der Waals surface area contributed by atoms with E-state index < -0.39 is 0 Å². The highest BCUT2D eigenvalue weighted by atomic mass is 15.0. The maximum Gasteiger partial charge on any atom is 0.164 e. The number of hydrogen-bond donors (Lipinski definition) is 0. The number of aromatic nitrogens is 7. The number of pyridine rings is 1. The van der Waals surface area contributed by atoms with Crippen LogP contribution in [0, 0.1) is 13.8 Å². The second-order valence-corrected chi connectivity index (χ2v) is 16.2. The zero-order chi connectivity index (χ0) is 44.4. The summed E-state index contributed by atoms with van der Waals surface area (Å²) in [6, 6.07) is 72.7. The first-order valence-corrected chi connectivity index (χ1v) is 22.0. The van der Waals surface area contributed by atoms with Crippen LogP contribution in [0.5, 0.6) is 0 Å². The molecule has 7 nitrogen and oxygen atoms in total. The third kappa shape index (κ3) is 8.02. The van der Waals surface area contributed by atoms with E-state index in [4.69, 9.17) is 34.9 Å². The van der Waals surface area contributed by atoms with Crippen molar-refractivity contribution in [3.8, 4) is 102 Å². The number of fused-ring (bicyclic) bond motifs is 1. The van der Waals surface area contributed by atoms with E-state index in [9.17, 15) is 0 Å². The molecule has 3 heterocycles. The number of rotatable bonds is 9. The largest absolute Gasteiger partial charge is 0.258 e. The SMILES string of the molecule is Cc1ccc(-c2ccc(-c3cccc(-c4nc(-c5ccccc5)nc(-c5ccc6ccccc6c5)n4)c3)cc2-c2ccccc2-c2nc(-c3ccccc3)nc(-c3ccccc3)n2)c(C)n1. The number of aryl methyl sites for hydroxylation is 2. The smallest absolute Gasteiger partial charge is 0.164 e. The minimum absolute atomic E-state index is 0.585. The van der Waals surface area contributed by atoms with Crippen molar-refractivity contribution in [2.45, 2.75) is 13.8 Å².